The lowest BCUT2D eigenvalue weighted by Gasteiger charge is -2.36. The summed E-state index contributed by atoms with van der Waals surface area (Å²) in [6.07, 6.45) is 1.51. The van der Waals surface area contributed by atoms with Gasteiger partial charge < -0.3 is 5.32 Å². The van der Waals surface area contributed by atoms with E-state index in [1.165, 1.54) is 36.5 Å². The van der Waals surface area contributed by atoms with Gasteiger partial charge >= 0.3 is 0 Å². The number of thioether (sulfide) groups is 1. The summed E-state index contributed by atoms with van der Waals surface area (Å²) < 4.78 is 14.5. The number of aromatic nitrogens is 1. The number of benzene rings is 2. The molecule has 2 fully saturated rings. The average Bonchev–Trinajstić information content (AvgIpc) is 3.52. The van der Waals surface area contributed by atoms with E-state index in [1.807, 2.05) is 4.90 Å². The first-order chi connectivity index (χ1) is 16.9. The lowest BCUT2D eigenvalue weighted by molar-refractivity contribution is -0.384. The van der Waals surface area contributed by atoms with Crippen molar-refractivity contribution in [3.8, 4) is 0 Å². The van der Waals surface area contributed by atoms with Gasteiger partial charge in [0.05, 0.1) is 10.8 Å². The van der Waals surface area contributed by atoms with Crippen LogP contribution in [0.1, 0.15) is 27.5 Å². The molecular weight excluding hydrogens is 471 g/mol. The standard InChI is InChI=1S/C25H19FN4O4S/c26-15-7-8-18-17(11-15)25(24(32)28-18)22(23(31)19-6-1-2-9-27-19)21(20-12-35-13-29(20)25)14-4-3-5-16(10-14)30(33)34/h1-11,20-22H,12-13H2,(H,28,32)/t20-,21-,22+,25+/m0/s1. The fourth-order valence-corrected chi connectivity index (χ4v) is 7.26. The second-order valence-electron chi connectivity index (χ2n) is 8.88. The first kappa shape index (κ1) is 21.9. The summed E-state index contributed by atoms with van der Waals surface area (Å²) in [5.74, 6) is -1.68. The normalized spacial score (nSPS) is 27.0. The fourth-order valence-electron chi connectivity index (χ4n) is 5.93. The van der Waals surface area contributed by atoms with Gasteiger partial charge in [-0.15, -0.1) is 11.8 Å². The van der Waals surface area contributed by atoms with Crippen LogP contribution in [-0.2, 0) is 10.3 Å². The van der Waals surface area contributed by atoms with Crippen molar-refractivity contribution < 1.29 is 18.9 Å². The topological polar surface area (TPSA) is 105 Å². The molecule has 4 heterocycles. The molecule has 2 aromatic carbocycles. The largest absolute Gasteiger partial charge is 0.324 e. The van der Waals surface area contributed by atoms with Gasteiger partial charge in [-0.2, -0.15) is 0 Å². The van der Waals surface area contributed by atoms with E-state index in [4.69, 9.17) is 0 Å². The third-order valence-electron chi connectivity index (χ3n) is 7.25. The number of carbonyl (C=O) groups is 2. The van der Waals surface area contributed by atoms with Crippen molar-refractivity contribution in [2.24, 2.45) is 5.92 Å². The Morgan fingerprint density at radius 1 is 1.20 bits per heavy atom. The van der Waals surface area contributed by atoms with E-state index in [-0.39, 0.29) is 23.2 Å². The molecule has 3 aliphatic heterocycles. The van der Waals surface area contributed by atoms with E-state index in [1.54, 1.807) is 42.1 Å². The number of anilines is 1. The summed E-state index contributed by atoms with van der Waals surface area (Å²) in [5, 5.41) is 14.4. The number of carbonyl (C=O) groups excluding carboxylic acids is 2. The summed E-state index contributed by atoms with van der Waals surface area (Å²) >= 11 is 1.62. The number of Topliss-reactive ketones (excluding diaryl/α,β-unsaturated/α-hetero) is 1. The molecule has 176 valence electrons. The van der Waals surface area contributed by atoms with Gasteiger partial charge in [0.25, 0.3) is 5.69 Å². The quantitative estimate of drug-likeness (QED) is 0.335. The number of ketones is 1. The summed E-state index contributed by atoms with van der Waals surface area (Å²) in [6, 6.07) is 15.1. The lowest BCUT2D eigenvalue weighted by atomic mass is 9.70. The number of nitro benzene ring substituents is 1. The first-order valence-electron chi connectivity index (χ1n) is 11.1. The minimum absolute atomic E-state index is 0.0907. The number of fused-ring (bicyclic) bond motifs is 4. The van der Waals surface area contributed by atoms with Crippen LogP contribution in [0.5, 0.6) is 0 Å². The number of rotatable bonds is 4. The van der Waals surface area contributed by atoms with Crippen LogP contribution in [0.2, 0.25) is 0 Å². The molecule has 1 spiro atoms. The zero-order valence-electron chi connectivity index (χ0n) is 18.3. The van der Waals surface area contributed by atoms with Crippen molar-refractivity contribution in [3.63, 3.8) is 0 Å². The number of nitro groups is 1. The Kier molecular flexibility index (Phi) is 4.97. The Labute approximate surface area is 203 Å². The van der Waals surface area contributed by atoms with E-state index in [9.17, 15) is 24.1 Å². The maximum atomic E-state index is 14.5. The van der Waals surface area contributed by atoms with Crippen LogP contribution in [0.25, 0.3) is 0 Å². The molecule has 0 radical (unpaired) electrons. The van der Waals surface area contributed by atoms with Crippen LogP contribution in [0.3, 0.4) is 0 Å². The van der Waals surface area contributed by atoms with Crippen LogP contribution >= 0.6 is 11.8 Å². The van der Waals surface area contributed by atoms with E-state index in [0.29, 0.717) is 28.4 Å². The van der Waals surface area contributed by atoms with Crippen LogP contribution in [0.4, 0.5) is 15.8 Å². The minimum Gasteiger partial charge on any atom is -0.324 e. The molecule has 0 bridgehead atoms. The highest BCUT2D eigenvalue weighted by Gasteiger charge is 2.69. The monoisotopic (exact) mass is 490 g/mol. The Balaban J connectivity index is 1.63. The molecule has 1 aromatic heterocycles. The maximum absolute atomic E-state index is 14.5. The van der Waals surface area contributed by atoms with E-state index in [0.717, 1.165) is 0 Å². The van der Waals surface area contributed by atoms with Crippen LogP contribution in [0.15, 0.2) is 66.9 Å². The molecule has 1 N–H and O–H groups in total. The number of non-ortho nitro benzene ring substituents is 1. The number of nitrogens with one attached hydrogen (secondary N) is 1. The molecule has 0 aliphatic carbocycles. The van der Waals surface area contributed by atoms with Gasteiger partial charge in [-0.05, 0) is 35.9 Å². The van der Waals surface area contributed by atoms with Gasteiger partial charge in [0.2, 0.25) is 5.91 Å². The van der Waals surface area contributed by atoms with E-state index >= 15 is 0 Å². The van der Waals surface area contributed by atoms with Gasteiger partial charge in [0.15, 0.2) is 5.78 Å². The SMILES string of the molecule is O=C(c1ccccn1)[C@H]1[C@@H](c2cccc([N+](=O)[O-])c2)[C@@H]2CSCN2[C@@]12C(=O)Nc1ccc(F)cc12. The average molecular weight is 491 g/mol. The van der Waals surface area contributed by atoms with Crippen molar-refractivity contribution in [2.45, 2.75) is 17.5 Å². The third kappa shape index (κ3) is 3.06. The Hall–Kier alpha value is -3.63. The molecule has 3 aromatic rings. The number of nitrogens with zero attached hydrogens (tertiary/aromatic N) is 3. The molecule has 1 amide bonds. The molecule has 6 rings (SSSR count). The number of hydrogen-bond acceptors (Lipinski definition) is 7. The summed E-state index contributed by atoms with van der Waals surface area (Å²) in [6.45, 7) is 0. The first-order valence-corrected chi connectivity index (χ1v) is 12.2. The van der Waals surface area contributed by atoms with E-state index in [2.05, 4.69) is 10.3 Å². The Morgan fingerprint density at radius 2 is 2.06 bits per heavy atom. The van der Waals surface area contributed by atoms with Crippen molar-refractivity contribution in [2.75, 3.05) is 16.9 Å². The summed E-state index contributed by atoms with van der Waals surface area (Å²) in [7, 11) is 0. The molecule has 0 unspecified atom stereocenters. The molecule has 35 heavy (non-hydrogen) atoms. The minimum atomic E-state index is -1.46. The van der Waals surface area contributed by atoms with Crippen molar-refractivity contribution in [1.82, 2.24) is 9.88 Å². The molecule has 10 heteroatoms. The van der Waals surface area contributed by atoms with Gasteiger partial charge in [0.1, 0.15) is 17.1 Å². The molecule has 4 atom stereocenters. The molecular formula is C25H19FN4O4S. The number of halogens is 1. The van der Waals surface area contributed by atoms with E-state index < -0.39 is 34.0 Å². The summed E-state index contributed by atoms with van der Waals surface area (Å²) in [5.41, 5.74) is 0.115. The number of pyridine rings is 1. The fraction of sp³-hybridized carbons (Fsp3) is 0.240. The highest BCUT2D eigenvalue weighted by Crippen LogP contribution is 2.61. The highest BCUT2D eigenvalue weighted by molar-refractivity contribution is 7.99. The van der Waals surface area contributed by atoms with Crippen LogP contribution in [-0.4, -0.2) is 44.2 Å². The number of amides is 1. The highest BCUT2D eigenvalue weighted by atomic mass is 32.2. The molecule has 8 nitrogen and oxygen atoms in total. The predicted octanol–water partition coefficient (Wildman–Crippen LogP) is 3.95. The second-order valence-corrected chi connectivity index (χ2v) is 9.88. The molecule has 2 saturated heterocycles. The van der Waals surface area contributed by atoms with Crippen molar-refractivity contribution >= 4 is 34.8 Å². The van der Waals surface area contributed by atoms with Crippen molar-refractivity contribution in [1.29, 1.82) is 0 Å². The van der Waals surface area contributed by atoms with Gasteiger partial charge in [-0.3, -0.25) is 29.6 Å². The summed E-state index contributed by atoms with van der Waals surface area (Å²) in [4.78, 5) is 45.3. The zero-order valence-corrected chi connectivity index (χ0v) is 19.1. The van der Waals surface area contributed by atoms with Gasteiger partial charge in [0, 0.05) is 53.2 Å². The third-order valence-corrected chi connectivity index (χ3v) is 8.29. The maximum Gasteiger partial charge on any atom is 0.269 e. The van der Waals surface area contributed by atoms with Gasteiger partial charge in [-0.1, -0.05) is 18.2 Å². The van der Waals surface area contributed by atoms with Crippen molar-refractivity contribution in [3.05, 3.63) is 99.6 Å². The number of hydrogen-bond donors (Lipinski definition) is 1. The van der Waals surface area contributed by atoms with Gasteiger partial charge in [-0.25, -0.2) is 4.39 Å². The molecule has 0 saturated carbocycles. The smallest absolute Gasteiger partial charge is 0.269 e. The Bertz CT molecular complexity index is 1390. The zero-order chi connectivity index (χ0) is 24.3. The molecule has 3 aliphatic rings. The predicted molar refractivity (Wildman–Crippen MR) is 128 cm³/mol. The van der Waals surface area contributed by atoms with Crippen LogP contribution < -0.4 is 5.32 Å². The van der Waals surface area contributed by atoms with Crippen LogP contribution in [0, 0.1) is 21.8 Å². The second kappa shape index (κ2) is 7.96. The lowest BCUT2D eigenvalue weighted by Crippen LogP contribution is -2.52. The Morgan fingerprint density at radius 3 is 2.83 bits per heavy atom.